The molecule has 1 aromatic carbocycles. The Hall–Kier alpha value is -2.23. The van der Waals surface area contributed by atoms with Gasteiger partial charge in [-0.3, -0.25) is 4.79 Å². The predicted octanol–water partition coefficient (Wildman–Crippen LogP) is 3.25. The summed E-state index contributed by atoms with van der Waals surface area (Å²) in [5.74, 6) is 0.0871. The number of likely N-dealkylation sites (tertiary alicyclic amines) is 1. The highest BCUT2D eigenvalue weighted by atomic mass is 32.1. The second kappa shape index (κ2) is 8.20. The van der Waals surface area contributed by atoms with Crippen molar-refractivity contribution in [2.45, 2.75) is 32.2 Å². The minimum absolute atomic E-state index is 0.0871. The van der Waals surface area contributed by atoms with Crippen LogP contribution >= 0.6 is 11.3 Å². The lowest BCUT2D eigenvalue weighted by Gasteiger charge is -2.31. The van der Waals surface area contributed by atoms with Crippen molar-refractivity contribution in [3.05, 3.63) is 40.9 Å². The number of quaternary nitrogens is 1. The lowest BCUT2D eigenvalue weighted by Crippen LogP contribution is -2.50. The van der Waals surface area contributed by atoms with Gasteiger partial charge in [-0.25, -0.2) is 4.98 Å². The molecule has 1 aliphatic heterocycles. The maximum Gasteiger partial charge on any atom is 0.278 e. The van der Waals surface area contributed by atoms with E-state index in [0.717, 1.165) is 42.1 Å². The number of likely N-dealkylation sites (N-methyl/N-ethyl adjacent to an activating group) is 1. The molecule has 0 N–H and O–H groups in total. The van der Waals surface area contributed by atoms with Gasteiger partial charge in [0.1, 0.15) is 11.0 Å². The summed E-state index contributed by atoms with van der Waals surface area (Å²) in [6.07, 6.45) is 2.57. The first-order valence-corrected chi connectivity index (χ1v) is 10.2. The average Bonchev–Trinajstić information content (AvgIpc) is 3.27. The SMILES string of the molecule is Cc1sc(-c2ccccc2)nc1CC[N+](C)(C)CC(=O)N1CCCC1C#N. The van der Waals surface area contributed by atoms with Crippen LogP contribution in [0.25, 0.3) is 10.6 Å². The molecule has 0 spiro atoms. The number of hydrogen-bond donors (Lipinski definition) is 0. The molecule has 3 rings (SSSR count). The Morgan fingerprint density at radius 1 is 1.37 bits per heavy atom. The summed E-state index contributed by atoms with van der Waals surface area (Å²) in [7, 11) is 4.16. The Morgan fingerprint density at radius 3 is 2.81 bits per heavy atom. The fourth-order valence-corrected chi connectivity index (χ4v) is 4.47. The highest BCUT2D eigenvalue weighted by molar-refractivity contribution is 7.15. The zero-order valence-corrected chi connectivity index (χ0v) is 17.1. The van der Waals surface area contributed by atoms with Gasteiger partial charge in [0.2, 0.25) is 0 Å². The Balaban J connectivity index is 1.61. The van der Waals surface area contributed by atoms with Crippen molar-refractivity contribution >= 4 is 17.2 Å². The van der Waals surface area contributed by atoms with Crippen molar-refractivity contribution in [3.8, 4) is 16.6 Å². The molecule has 142 valence electrons. The molecule has 1 aromatic heterocycles. The van der Waals surface area contributed by atoms with Crippen LogP contribution in [0.3, 0.4) is 0 Å². The third-order valence-electron chi connectivity index (χ3n) is 5.15. The van der Waals surface area contributed by atoms with Gasteiger partial charge in [-0.15, -0.1) is 11.3 Å². The van der Waals surface area contributed by atoms with Crippen LogP contribution in [0.4, 0.5) is 0 Å². The molecule has 5 nitrogen and oxygen atoms in total. The number of hydrogen-bond acceptors (Lipinski definition) is 4. The van der Waals surface area contributed by atoms with Gasteiger partial charge in [0, 0.05) is 23.4 Å². The fraction of sp³-hybridized carbons (Fsp3) is 0.476. The van der Waals surface area contributed by atoms with Crippen LogP contribution in [-0.2, 0) is 11.2 Å². The topological polar surface area (TPSA) is 57.0 Å². The first-order valence-electron chi connectivity index (χ1n) is 9.42. The molecule has 2 aromatic rings. The van der Waals surface area contributed by atoms with Crippen LogP contribution in [-0.4, -0.2) is 60.0 Å². The minimum Gasteiger partial charge on any atom is -0.322 e. The van der Waals surface area contributed by atoms with E-state index in [0.29, 0.717) is 17.6 Å². The number of carbonyl (C=O) groups is 1. The molecule has 1 saturated heterocycles. The first-order chi connectivity index (χ1) is 12.9. The van der Waals surface area contributed by atoms with E-state index in [1.165, 1.54) is 4.88 Å². The van der Waals surface area contributed by atoms with Crippen LogP contribution in [0.1, 0.15) is 23.4 Å². The molecule has 0 aliphatic carbocycles. The molecule has 1 unspecified atom stereocenters. The molecule has 0 radical (unpaired) electrons. The number of carbonyl (C=O) groups excluding carboxylic acids is 1. The standard InChI is InChI=1S/C21H27N4OS/c1-16-19(23-21(27-16)17-8-5-4-6-9-17)11-13-25(2,3)15-20(26)24-12-7-10-18(24)14-22/h4-6,8-9,18H,7,10-13,15H2,1-3H3/q+1. The van der Waals surface area contributed by atoms with E-state index in [4.69, 9.17) is 4.98 Å². The predicted molar refractivity (Wildman–Crippen MR) is 108 cm³/mol. The van der Waals surface area contributed by atoms with E-state index < -0.39 is 0 Å². The van der Waals surface area contributed by atoms with Gasteiger partial charge >= 0.3 is 0 Å². The Kier molecular flexibility index (Phi) is 5.93. The number of benzene rings is 1. The van der Waals surface area contributed by atoms with Gasteiger partial charge in [0.15, 0.2) is 6.54 Å². The Bertz CT molecular complexity index is 838. The van der Waals surface area contributed by atoms with E-state index in [1.54, 1.807) is 16.2 Å². The van der Waals surface area contributed by atoms with Crippen LogP contribution in [0, 0.1) is 18.3 Å². The summed E-state index contributed by atoms with van der Waals surface area (Å²) in [5.41, 5.74) is 2.27. The Labute approximate surface area is 165 Å². The summed E-state index contributed by atoms with van der Waals surface area (Å²) in [6, 6.07) is 12.3. The van der Waals surface area contributed by atoms with E-state index >= 15 is 0 Å². The molecule has 0 bridgehead atoms. The highest BCUT2D eigenvalue weighted by Gasteiger charge is 2.32. The lowest BCUT2D eigenvalue weighted by atomic mass is 10.2. The normalized spacial score (nSPS) is 17.1. The molecule has 1 aliphatic rings. The molecule has 2 heterocycles. The third kappa shape index (κ3) is 4.74. The van der Waals surface area contributed by atoms with Crippen LogP contribution < -0.4 is 0 Å². The van der Waals surface area contributed by atoms with E-state index in [1.807, 2.05) is 18.2 Å². The maximum atomic E-state index is 12.6. The van der Waals surface area contributed by atoms with E-state index in [-0.39, 0.29) is 11.9 Å². The molecule has 1 fully saturated rings. The number of nitrogens with zero attached hydrogens (tertiary/aromatic N) is 4. The summed E-state index contributed by atoms with van der Waals surface area (Å²) in [4.78, 5) is 20.5. The van der Waals surface area contributed by atoms with Gasteiger partial charge < -0.3 is 9.38 Å². The number of thiazole rings is 1. The third-order valence-corrected chi connectivity index (χ3v) is 6.21. The van der Waals surface area contributed by atoms with Gasteiger partial charge in [-0.2, -0.15) is 5.26 Å². The summed E-state index contributed by atoms with van der Waals surface area (Å²) < 4.78 is 0.602. The summed E-state index contributed by atoms with van der Waals surface area (Å²) >= 11 is 1.73. The summed E-state index contributed by atoms with van der Waals surface area (Å²) in [5, 5.41) is 10.3. The van der Waals surface area contributed by atoms with Crippen molar-refractivity contribution in [2.24, 2.45) is 0 Å². The van der Waals surface area contributed by atoms with Crippen molar-refractivity contribution in [1.82, 2.24) is 9.88 Å². The van der Waals surface area contributed by atoms with Crippen LogP contribution in [0.2, 0.25) is 0 Å². The zero-order valence-electron chi connectivity index (χ0n) is 16.3. The van der Waals surface area contributed by atoms with Gasteiger partial charge in [0.25, 0.3) is 5.91 Å². The summed E-state index contributed by atoms with van der Waals surface area (Å²) in [6.45, 7) is 4.09. The second-order valence-electron chi connectivity index (χ2n) is 7.83. The monoisotopic (exact) mass is 383 g/mol. The van der Waals surface area contributed by atoms with Crippen molar-refractivity contribution in [1.29, 1.82) is 5.26 Å². The molecule has 0 saturated carbocycles. The van der Waals surface area contributed by atoms with Crippen molar-refractivity contribution in [2.75, 3.05) is 33.7 Å². The number of aryl methyl sites for hydroxylation is 1. The van der Waals surface area contributed by atoms with E-state index in [9.17, 15) is 10.1 Å². The second-order valence-corrected chi connectivity index (χ2v) is 9.03. The molecular formula is C21H27N4OS+. The smallest absolute Gasteiger partial charge is 0.278 e. The molecule has 1 atom stereocenters. The average molecular weight is 384 g/mol. The highest BCUT2D eigenvalue weighted by Crippen LogP contribution is 2.28. The number of aromatic nitrogens is 1. The minimum atomic E-state index is -0.244. The lowest BCUT2D eigenvalue weighted by molar-refractivity contribution is -0.882. The van der Waals surface area contributed by atoms with Gasteiger partial charge in [0.05, 0.1) is 32.4 Å². The Morgan fingerprint density at radius 2 is 2.11 bits per heavy atom. The fourth-order valence-electron chi connectivity index (χ4n) is 3.51. The molecule has 27 heavy (non-hydrogen) atoms. The number of nitriles is 1. The van der Waals surface area contributed by atoms with Crippen LogP contribution in [0.15, 0.2) is 30.3 Å². The first kappa shape index (κ1) is 19.5. The molecular weight excluding hydrogens is 356 g/mol. The number of rotatable bonds is 6. The molecule has 1 amide bonds. The molecule has 6 heteroatoms. The van der Waals surface area contributed by atoms with Gasteiger partial charge in [-0.05, 0) is 19.8 Å². The maximum absolute atomic E-state index is 12.6. The van der Waals surface area contributed by atoms with Gasteiger partial charge in [-0.1, -0.05) is 30.3 Å². The zero-order chi connectivity index (χ0) is 19.4. The number of amides is 1. The van der Waals surface area contributed by atoms with Crippen molar-refractivity contribution in [3.63, 3.8) is 0 Å². The quantitative estimate of drug-likeness (QED) is 0.720. The van der Waals surface area contributed by atoms with E-state index in [2.05, 4.69) is 39.2 Å². The van der Waals surface area contributed by atoms with Crippen LogP contribution in [0.5, 0.6) is 0 Å². The van der Waals surface area contributed by atoms with Crippen molar-refractivity contribution < 1.29 is 9.28 Å². The largest absolute Gasteiger partial charge is 0.322 e.